The molecule has 0 amide bonds. The van der Waals surface area contributed by atoms with E-state index in [0.717, 1.165) is 18.4 Å². The van der Waals surface area contributed by atoms with Gasteiger partial charge in [0.05, 0.1) is 5.02 Å². The van der Waals surface area contributed by atoms with Gasteiger partial charge in [0.2, 0.25) is 0 Å². The first kappa shape index (κ1) is 12.8. The summed E-state index contributed by atoms with van der Waals surface area (Å²) in [6.07, 6.45) is 7.57. The maximum Gasteiger partial charge on any atom is 0.142 e. The van der Waals surface area contributed by atoms with Gasteiger partial charge in [-0.05, 0) is 30.9 Å². The van der Waals surface area contributed by atoms with Gasteiger partial charge in [-0.2, -0.15) is 0 Å². The first-order valence-electron chi connectivity index (χ1n) is 6.32. The lowest BCUT2D eigenvalue weighted by molar-refractivity contribution is 0.369. The van der Waals surface area contributed by atoms with Gasteiger partial charge in [0.25, 0.3) is 0 Å². The molecule has 94 valence electrons. The van der Waals surface area contributed by atoms with E-state index < -0.39 is 0 Å². The van der Waals surface area contributed by atoms with Crippen molar-refractivity contribution in [3.63, 3.8) is 0 Å². The summed E-state index contributed by atoms with van der Waals surface area (Å²) >= 11 is 5.98. The molecule has 0 saturated heterocycles. The molecule has 0 aromatic heterocycles. The van der Waals surface area contributed by atoms with Gasteiger partial charge in [0.1, 0.15) is 5.82 Å². The highest BCUT2D eigenvalue weighted by Crippen LogP contribution is 2.31. The zero-order valence-electron chi connectivity index (χ0n) is 10.0. The normalized spacial score (nSPS) is 19.9. The van der Waals surface area contributed by atoms with Crippen LogP contribution in [0.5, 0.6) is 0 Å². The lowest BCUT2D eigenvalue weighted by Gasteiger charge is -2.28. The van der Waals surface area contributed by atoms with Crippen LogP contribution in [0.1, 0.15) is 44.1 Å². The highest BCUT2D eigenvalue weighted by atomic mass is 35.5. The summed E-state index contributed by atoms with van der Waals surface area (Å²) in [5.74, 6) is -0.346. The number of rotatable bonds is 2. The molecule has 0 heterocycles. The zero-order valence-corrected chi connectivity index (χ0v) is 10.8. The van der Waals surface area contributed by atoms with Crippen LogP contribution in [-0.4, -0.2) is 5.54 Å². The third-order valence-corrected chi connectivity index (χ3v) is 4.10. The van der Waals surface area contributed by atoms with E-state index in [1.54, 1.807) is 6.07 Å². The SMILES string of the molecule is NC1(Cc2cccc(F)c2Cl)CCCCCC1. The second kappa shape index (κ2) is 5.36. The van der Waals surface area contributed by atoms with Crippen molar-refractivity contribution in [2.75, 3.05) is 0 Å². The van der Waals surface area contributed by atoms with E-state index in [1.807, 2.05) is 6.07 Å². The van der Waals surface area contributed by atoms with E-state index in [9.17, 15) is 4.39 Å². The molecular formula is C14H19ClFN. The van der Waals surface area contributed by atoms with Gasteiger partial charge in [0, 0.05) is 5.54 Å². The fourth-order valence-electron chi connectivity index (χ4n) is 2.67. The molecule has 3 heteroatoms. The Morgan fingerprint density at radius 2 is 1.82 bits per heavy atom. The van der Waals surface area contributed by atoms with Crippen LogP contribution >= 0.6 is 11.6 Å². The molecule has 1 saturated carbocycles. The van der Waals surface area contributed by atoms with Crippen LogP contribution in [0.3, 0.4) is 0 Å². The Kier molecular flexibility index (Phi) is 4.05. The fraction of sp³-hybridized carbons (Fsp3) is 0.571. The van der Waals surface area contributed by atoms with Gasteiger partial charge in [-0.3, -0.25) is 0 Å². The van der Waals surface area contributed by atoms with Crippen LogP contribution in [0, 0.1) is 5.82 Å². The topological polar surface area (TPSA) is 26.0 Å². The van der Waals surface area contributed by atoms with Crippen molar-refractivity contribution in [2.45, 2.75) is 50.5 Å². The Morgan fingerprint density at radius 1 is 1.18 bits per heavy atom. The molecule has 0 bridgehead atoms. The highest BCUT2D eigenvalue weighted by Gasteiger charge is 2.27. The van der Waals surface area contributed by atoms with Crippen LogP contribution in [0.4, 0.5) is 4.39 Å². The zero-order chi connectivity index (χ0) is 12.3. The van der Waals surface area contributed by atoms with Crippen LogP contribution in [-0.2, 0) is 6.42 Å². The van der Waals surface area contributed by atoms with Crippen molar-refractivity contribution in [1.29, 1.82) is 0 Å². The minimum Gasteiger partial charge on any atom is -0.325 e. The van der Waals surface area contributed by atoms with Gasteiger partial charge in [-0.25, -0.2) is 4.39 Å². The summed E-state index contributed by atoms with van der Waals surface area (Å²) in [4.78, 5) is 0. The monoisotopic (exact) mass is 255 g/mol. The number of benzene rings is 1. The summed E-state index contributed by atoms with van der Waals surface area (Å²) in [6, 6.07) is 4.98. The summed E-state index contributed by atoms with van der Waals surface area (Å²) < 4.78 is 13.4. The lowest BCUT2D eigenvalue weighted by Crippen LogP contribution is -2.41. The van der Waals surface area contributed by atoms with Crippen molar-refractivity contribution in [3.05, 3.63) is 34.6 Å². The average Bonchev–Trinajstić information content (AvgIpc) is 2.50. The van der Waals surface area contributed by atoms with Crippen molar-refractivity contribution in [2.24, 2.45) is 5.73 Å². The Balaban J connectivity index is 2.15. The Labute approximate surface area is 107 Å². The van der Waals surface area contributed by atoms with Crippen molar-refractivity contribution >= 4 is 11.6 Å². The summed E-state index contributed by atoms with van der Waals surface area (Å²) in [5, 5.41) is 0.238. The van der Waals surface area contributed by atoms with Gasteiger partial charge in [0.15, 0.2) is 0 Å². The minimum atomic E-state index is -0.346. The first-order valence-corrected chi connectivity index (χ1v) is 6.70. The molecule has 1 aliphatic rings. The Morgan fingerprint density at radius 3 is 2.47 bits per heavy atom. The molecule has 1 aliphatic carbocycles. The van der Waals surface area contributed by atoms with Gasteiger partial charge < -0.3 is 5.73 Å². The summed E-state index contributed by atoms with van der Waals surface area (Å²) in [7, 11) is 0. The quantitative estimate of drug-likeness (QED) is 0.792. The molecule has 0 atom stereocenters. The van der Waals surface area contributed by atoms with Crippen LogP contribution < -0.4 is 5.73 Å². The third-order valence-electron chi connectivity index (χ3n) is 3.67. The van der Waals surface area contributed by atoms with E-state index in [2.05, 4.69) is 0 Å². The van der Waals surface area contributed by atoms with Crippen molar-refractivity contribution < 1.29 is 4.39 Å². The molecule has 0 spiro atoms. The fourth-order valence-corrected chi connectivity index (χ4v) is 2.87. The summed E-state index contributed by atoms with van der Waals surface area (Å²) in [5.41, 5.74) is 7.07. The molecule has 0 aliphatic heterocycles. The molecule has 1 nitrogen and oxygen atoms in total. The highest BCUT2D eigenvalue weighted by molar-refractivity contribution is 6.31. The molecule has 2 N–H and O–H groups in total. The van der Waals surface area contributed by atoms with Crippen LogP contribution in [0.2, 0.25) is 5.02 Å². The molecule has 1 fully saturated rings. The number of hydrogen-bond donors (Lipinski definition) is 1. The molecule has 2 rings (SSSR count). The maximum atomic E-state index is 13.4. The van der Waals surface area contributed by atoms with Gasteiger partial charge in [-0.15, -0.1) is 0 Å². The average molecular weight is 256 g/mol. The summed E-state index contributed by atoms with van der Waals surface area (Å²) in [6.45, 7) is 0. The van der Waals surface area contributed by atoms with E-state index >= 15 is 0 Å². The van der Waals surface area contributed by atoms with Crippen LogP contribution in [0.25, 0.3) is 0 Å². The Bertz CT molecular complexity index is 384. The number of halogens is 2. The first-order chi connectivity index (χ1) is 8.11. The molecule has 0 unspecified atom stereocenters. The van der Waals surface area contributed by atoms with E-state index in [-0.39, 0.29) is 16.4 Å². The predicted molar refractivity (Wildman–Crippen MR) is 69.7 cm³/mol. The third kappa shape index (κ3) is 3.20. The number of hydrogen-bond acceptors (Lipinski definition) is 1. The van der Waals surface area contributed by atoms with Crippen molar-refractivity contribution in [3.8, 4) is 0 Å². The molecule has 1 aromatic carbocycles. The van der Waals surface area contributed by atoms with E-state index in [0.29, 0.717) is 6.42 Å². The lowest BCUT2D eigenvalue weighted by atomic mass is 9.85. The van der Waals surface area contributed by atoms with Gasteiger partial charge in [-0.1, -0.05) is 49.4 Å². The van der Waals surface area contributed by atoms with E-state index in [4.69, 9.17) is 17.3 Å². The van der Waals surface area contributed by atoms with Crippen molar-refractivity contribution in [1.82, 2.24) is 0 Å². The molecule has 17 heavy (non-hydrogen) atoms. The van der Waals surface area contributed by atoms with E-state index in [1.165, 1.54) is 31.7 Å². The molecule has 0 radical (unpaired) electrons. The Hall–Kier alpha value is -0.600. The standard InChI is InChI=1S/C14H19ClFN/c15-13-11(6-5-7-12(13)16)10-14(17)8-3-1-2-4-9-14/h5-7H,1-4,8-10,17H2. The molecule has 1 aromatic rings. The maximum absolute atomic E-state index is 13.4. The predicted octanol–water partition coefficient (Wildman–Crippen LogP) is 4.07. The van der Waals surface area contributed by atoms with Crippen LogP contribution in [0.15, 0.2) is 18.2 Å². The second-order valence-corrected chi connectivity index (χ2v) is 5.54. The van der Waals surface area contributed by atoms with Gasteiger partial charge >= 0.3 is 0 Å². The largest absolute Gasteiger partial charge is 0.325 e. The number of nitrogens with two attached hydrogens (primary N) is 1. The second-order valence-electron chi connectivity index (χ2n) is 5.17. The smallest absolute Gasteiger partial charge is 0.142 e. The molecular weight excluding hydrogens is 237 g/mol. The minimum absolute atomic E-state index is 0.200.